The van der Waals surface area contributed by atoms with Crippen molar-refractivity contribution in [1.82, 2.24) is 4.98 Å². The summed E-state index contributed by atoms with van der Waals surface area (Å²) < 4.78 is 4.78. The first-order valence-corrected chi connectivity index (χ1v) is 5.68. The maximum absolute atomic E-state index is 11.8. The number of hydrogen-bond donors (Lipinski definition) is 2. The fourth-order valence-corrected chi connectivity index (χ4v) is 1.79. The van der Waals surface area contributed by atoms with Crippen molar-refractivity contribution in [3.63, 3.8) is 0 Å². The molecular weight excluding hydrogens is 246 g/mol. The van der Waals surface area contributed by atoms with Crippen LogP contribution in [0.4, 0.5) is 0 Å². The number of aromatic hydroxyl groups is 1. The summed E-state index contributed by atoms with van der Waals surface area (Å²) in [4.78, 5) is 26.1. The highest BCUT2D eigenvalue weighted by Gasteiger charge is 2.20. The van der Waals surface area contributed by atoms with Crippen LogP contribution in [0.5, 0.6) is 5.75 Å². The highest BCUT2D eigenvalue weighted by Crippen LogP contribution is 2.26. The van der Waals surface area contributed by atoms with Crippen LogP contribution in [0.3, 0.4) is 0 Å². The number of benzene rings is 1. The number of nitrogens with one attached hydrogen (secondary N) is 1. The van der Waals surface area contributed by atoms with Crippen LogP contribution in [-0.2, 0) is 4.74 Å². The van der Waals surface area contributed by atoms with Gasteiger partial charge in [0.1, 0.15) is 12.4 Å². The van der Waals surface area contributed by atoms with Crippen LogP contribution >= 0.6 is 0 Å². The van der Waals surface area contributed by atoms with E-state index < -0.39 is 11.5 Å². The van der Waals surface area contributed by atoms with Gasteiger partial charge in [-0.05, 0) is 19.1 Å². The summed E-state index contributed by atoms with van der Waals surface area (Å²) in [6.07, 6.45) is 1.38. The molecule has 1 heterocycles. The molecule has 98 valence electrons. The number of H-pyrrole nitrogens is 1. The van der Waals surface area contributed by atoms with Crippen LogP contribution < -0.4 is 5.56 Å². The normalized spacial score (nSPS) is 10.4. The Kier molecular flexibility index (Phi) is 3.37. The summed E-state index contributed by atoms with van der Waals surface area (Å²) in [5.74, 6) is -1.24. The fraction of sp³-hybridized carbons (Fsp3) is 0.143. The van der Waals surface area contributed by atoms with E-state index in [-0.39, 0.29) is 17.9 Å². The van der Waals surface area contributed by atoms with Crippen molar-refractivity contribution in [1.29, 1.82) is 0 Å². The van der Waals surface area contributed by atoms with Crippen LogP contribution in [0.2, 0.25) is 0 Å². The predicted octanol–water partition coefficient (Wildman–Crippen LogP) is 1.88. The lowest BCUT2D eigenvalue weighted by Crippen LogP contribution is -2.20. The molecule has 0 aliphatic carbocycles. The van der Waals surface area contributed by atoms with Crippen molar-refractivity contribution >= 4 is 16.9 Å². The highest BCUT2D eigenvalue weighted by atomic mass is 16.5. The third-order valence-electron chi connectivity index (χ3n) is 2.68. The van der Waals surface area contributed by atoms with Crippen molar-refractivity contribution in [2.24, 2.45) is 0 Å². The van der Waals surface area contributed by atoms with Gasteiger partial charge in [-0.1, -0.05) is 24.3 Å². The van der Waals surface area contributed by atoms with Crippen molar-refractivity contribution < 1.29 is 14.6 Å². The third-order valence-corrected chi connectivity index (χ3v) is 2.68. The standard InChI is InChI=1S/C14H13NO4/c1-3-6-19-14(18)11-12(16)9-7-8(2)4-5-10(9)15-13(11)17/h3-5,7H,1,6H2,2H3,(H2,15,16,17). The Balaban J connectivity index is 2.64. The average Bonchev–Trinajstić information content (AvgIpc) is 2.37. The van der Waals surface area contributed by atoms with Gasteiger partial charge in [-0.3, -0.25) is 4.79 Å². The zero-order valence-corrected chi connectivity index (χ0v) is 10.4. The van der Waals surface area contributed by atoms with Crippen LogP contribution in [0.25, 0.3) is 10.9 Å². The Morgan fingerprint density at radius 2 is 2.26 bits per heavy atom. The van der Waals surface area contributed by atoms with Crippen LogP contribution in [-0.4, -0.2) is 22.7 Å². The van der Waals surface area contributed by atoms with Crippen molar-refractivity contribution in [3.8, 4) is 5.75 Å². The summed E-state index contributed by atoms with van der Waals surface area (Å²) in [7, 11) is 0. The third kappa shape index (κ3) is 2.35. The van der Waals surface area contributed by atoms with Crippen molar-refractivity contribution in [2.75, 3.05) is 6.61 Å². The molecule has 5 nitrogen and oxygen atoms in total. The molecule has 0 spiro atoms. The lowest BCUT2D eigenvalue weighted by atomic mass is 10.1. The molecule has 0 aliphatic rings. The van der Waals surface area contributed by atoms with Crippen LogP contribution in [0.15, 0.2) is 35.6 Å². The minimum Gasteiger partial charge on any atom is -0.506 e. The van der Waals surface area contributed by atoms with Crippen molar-refractivity contribution in [3.05, 3.63) is 52.3 Å². The van der Waals surface area contributed by atoms with Gasteiger partial charge < -0.3 is 14.8 Å². The van der Waals surface area contributed by atoms with Crippen LogP contribution in [0.1, 0.15) is 15.9 Å². The minimum atomic E-state index is -0.873. The molecular formula is C14H13NO4. The smallest absolute Gasteiger partial charge is 0.347 e. The predicted molar refractivity (Wildman–Crippen MR) is 71.5 cm³/mol. The highest BCUT2D eigenvalue weighted by molar-refractivity contribution is 5.99. The quantitative estimate of drug-likeness (QED) is 0.651. The van der Waals surface area contributed by atoms with Gasteiger partial charge in [0.25, 0.3) is 5.56 Å². The van der Waals surface area contributed by atoms with E-state index in [0.29, 0.717) is 10.9 Å². The monoisotopic (exact) mass is 259 g/mol. The molecule has 0 bridgehead atoms. The number of carbonyl (C=O) groups excluding carboxylic acids is 1. The van der Waals surface area contributed by atoms with Gasteiger partial charge in [0.15, 0.2) is 5.56 Å². The van der Waals surface area contributed by atoms with Crippen molar-refractivity contribution in [2.45, 2.75) is 6.92 Å². The molecule has 0 saturated heterocycles. The van der Waals surface area contributed by atoms with E-state index in [1.54, 1.807) is 18.2 Å². The second-order valence-electron chi connectivity index (χ2n) is 4.11. The molecule has 5 heteroatoms. The van der Waals surface area contributed by atoms with Crippen LogP contribution in [0, 0.1) is 6.92 Å². The largest absolute Gasteiger partial charge is 0.506 e. The Morgan fingerprint density at radius 3 is 2.95 bits per heavy atom. The first-order chi connectivity index (χ1) is 9.04. The Bertz CT molecular complexity index is 715. The van der Waals surface area contributed by atoms with Gasteiger partial charge in [-0.2, -0.15) is 0 Å². The number of carbonyl (C=O) groups is 1. The Labute approximate surface area is 109 Å². The molecule has 1 aromatic heterocycles. The Hall–Kier alpha value is -2.56. The number of hydrogen-bond acceptors (Lipinski definition) is 4. The summed E-state index contributed by atoms with van der Waals surface area (Å²) in [6, 6.07) is 5.16. The first-order valence-electron chi connectivity index (χ1n) is 5.68. The zero-order chi connectivity index (χ0) is 14.0. The van der Waals surface area contributed by atoms with Gasteiger partial charge in [0, 0.05) is 5.39 Å². The molecule has 0 fully saturated rings. The van der Waals surface area contributed by atoms with E-state index in [1.165, 1.54) is 6.08 Å². The summed E-state index contributed by atoms with van der Waals surface area (Å²) >= 11 is 0. The van der Waals surface area contributed by atoms with E-state index in [2.05, 4.69) is 11.6 Å². The molecule has 2 N–H and O–H groups in total. The molecule has 19 heavy (non-hydrogen) atoms. The van der Waals surface area contributed by atoms with Gasteiger partial charge >= 0.3 is 5.97 Å². The number of ether oxygens (including phenoxy) is 1. The lowest BCUT2D eigenvalue weighted by Gasteiger charge is -2.07. The number of aryl methyl sites for hydroxylation is 1. The van der Waals surface area contributed by atoms with Gasteiger partial charge in [0.2, 0.25) is 0 Å². The molecule has 0 atom stereocenters. The number of aromatic nitrogens is 1. The van der Waals surface area contributed by atoms with Gasteiger partial charge in [-0.25, -0.2) is 4.79 Å². The fourth-order valence-electron chi connectivity index (χ4n) is 1.79. The molecule has 0 unspecified atom stereocenters. The molecule has 0 radical (unpaired) electrons. The number of fused-ring (bicyclic) bond motifs is 1. The van der Waals surface area contributed by atoms with Gasteiger partial charge in [-0.15, -0.1) is 0 Å². The number of rotatable bonds is 3. The number of aromatic amines is 1. The molecule has 0 aliphatic heterocycles. The average molecular weight is 259 g/mol. The van der Waals surface area contributed by atoms with E-state index in [9.17, 15) is 14.7 Å². The molecule has 2 aromatic rings. The minimum absolute atomic E-state index is 0.0242. The lowest BCUT2D eigenvalue weighted by molar-refractivity contribution is 0.0544. The molecule has 0 amide bonds. The maximum Gasteiger partial charge on any atom is 0.347 e. The number of esters is 1. The number of pyridine rings is 1. The molecule has 0 saturated carbocycles. The maximum atomic E-state index is 11.8. The SMILES string of the molecule is C=CCOC(=O)c1c(O)c2cc(C)ccc2[nH]c1=O. The van der Waals surface area contributed by atoms with E-state index in [0.717, 1.165) is 5.56 Å². The zero-order valence-electron chi connectivity index (χ0n) is 10.4. The summed E-state index contributed by atoms with van der Waals surface area (Å²) in [5.41, 5.74) is 0.302. The second kappa shape index (κ2) is 4.97. The Morgan fingerprint density at radius 1 is 1.53 bits per heavy atom. The van der Waals surface area contributed by atoms with Gasteiger partial charge in [0.05, 0.1) is 5.52 Å². The topological polar surface area (TPSA) is 79.4 Å². The first kappa shape index (κ1) is 12.9. The molecule has 1 aromatic carbocycles. The molecule has 2 rings (SSSR count). The van der Waals surface area contributed by atoms with E-state index >= 15 is 0 Å². The summed E-state index contributed by atoms with van der Waals surface area (Å²) in [6.45, 7) is 5.23. The van der Waals surface area contributed by atoms with E-state index in [1.807, 2.05) is 6.92 Å². The van der Waals surface area contributed by atoms with E-state index in [4.69, 9.17) is 4.74 Å². The second-order valence-corrected chi connectivity index (χ2v) is 4.11. The summed E-state index contributed by atoms with van der Waals surface area (Å²) in [5, 5.41) is 10.5.